The third-order valence-corrected chi connectivity index (χ3v) is 5.47. The van der Waals surface area contributed by atoms with Gasteiger partial charge in [-0.3, -0.25) is 14.5 Å². The number of aromatic nitrogens is 1. The largest absolute Gasteiger partial charge is 0.349 e. The normalized spacial score (nSPS) is 15.2. The quantitative estimate of drug-likeness (QED) is 0.818. The standard InChI is InChI=1S/C19H24N4O2S/c1-3-23-10-9-15-17(12-23)26-19(21-15)22-18(25)11-16(20-13(2)24)14-7-5-4-6-8-14/h4-8,16H,3,9-12H2,1-2H3,(H,20,24)(H,21,22,25). The van der Waals surface area contributed by atoms with Gasteiger partial charge in [0.1, 0.15) is 0 Å². The molecule has 2 amide bonds. The van der Waals surface area contributed by atoms with Crippen LogP contribution in [0, 0.1) is 0 Å². The summed E-state index contributed by atoms with van der Waals surface area (Å²) in [6.45, 7) is 6.55. The molecule has 0 fully saturated rings. The lowest BCUT2D eigenvalue weighted by atomic mass is 10.0. The van der Waals surface area contributed by atoms with E-state index in [0.29, 0.717) is 5.13 Å². The van der Waals surface area contributed by atoms with Gasteiger partial charge in [0.2, 0.25) is 11.8 Å². The molecule has 6 nitrogen and oxygen atoms in total. The van der Waals surface area contributed by atoms with Crippen LogP contribution in [0.25, 0.3) is 0 Å². The van der Waals surface area contributed by atoms with Crippen LogP contribution in [-0.4, -0.2) is 34.8 Å². The second kappa shape index (κ2) is 8.42. The number of benzene rings is 1. The molecule has 0 radical (unpaired) electrons. The number of thiazole rings is 1. The minimum atomic E-state index is -0.348. The molecular weight excluding hydrogens is 348 g/mol. The Bertz CT molecular complexity index is 775. The highest BCUT2D eigenvalue weighted by atomic mass is 32.1. The van der Waals surface area contributed by atoms with E-state index in [-0.39, 0.29) is 24.3 Å². The number of nitrogens with one attached hydrogen (secondary N) is 2. The monoisotopic (exact) mass is 372 g/mol. The molecule has 26 heavy (non-hydrogen) atoms. The van der Waals surface area contributed by atoms with E-state index in [1.54, 1.807) is 11.3 Å². The average Bonchev–Trinajstić information content (AvgIpc) is 3.02. The molecular formula is C19H24N4O2S. The van der Waals surface area contributed by atoms with Crippen LogP contribution in [0.1, 0.15) is 42.4 Å². The number of carbonyl (C=O) groups is 2. The molecule has 1 aliphatic rings. The van der Waals surface area contributed by atoms with Gasteiger partial charge < -0.3 is 10.6 Å². The SMILES string of the molecule is CCN1CCc2nc(NC(=O)CC(NC(C)=O)c3ccccc3)sc2C1. The molecule has 7 heteroatoms. The Morgan fingerprint density at radius 3 is 2.77 bits per heavy atom. The summed E-state index contributed by atoms with van der Waals surface area (Å²) < 4.78 is 0. The van der Waals surface area contributed by atoms with Crippen molar-refractivity contribution in [2.45, 2.75) is 39.3 Å². The first-order valence-electron chi connectivity index (χ1n) is 8.88. The zero-order valence-electron chi connectivity index (χ0n) is 15.1. The van der Waals surface area contributed by atoms with Gasteiger partial charge in [-0.15, -0.1) is 11.3 Å². The molecule has 1 unspecified atom stereocenters. The maximum atomic E-state index is 12.5. The van der Waals surface area contributed by atoms with E-state index in [4.69, 9.17) is 0 Å². The fourth-order valence-electron chi connectivity index (χ4n) is 3.11. The molecule has 1 atom stereocenters. The summed E-state index contributed by atoms with van der Waals surface area (Å²) >= 11 is 1.55. The Balaban J connectivity index is 1.65. The first-order chi connectivity index (χ1) is 12.5. The first kappa shape index (κ1) is 18.5. The Kier molecular flexibility index (Phi) is 6.00. The fourth-order valence-corrected chi connectivity index (χ4v) is 4.18. The molecule has 0 bridgehead atoms. The molecule has 2 N–H and O–H groups in total. The van der Waals surface area contributed by atoms with Gasteiger partial charge in [0.25, 0.3) is 0 Å². The Morgan fingerprint density at radius 2 is 2.08 bits per heavy atom. The zero-order valence-corrected chi connectivity index (χ0v) is 15.9. The van der Waals surface area contributed by atoms with Crippen LogP contribution in [0.4, 0.5) is 5.13 Å². The van der Waals surface area contributed by atoms with Crippen molar-refractivity contribution in [2.75, 3.05) is 18.4 Å². The van der Waals surface area contributed by atoms with Crippen LogP contribution in [0.15, 0.2) is 30.3 Å². The summed E-state index contributed by atoms with van der Waals surface area (Å²) in [5.74, 6) is -0.304. The number of nitrogens with zero attached hydrogens (tertiary/aromatic N) is 2. The second-order valence-corrected chi connectivity index (χ2v) is 7.51. The summed E-state index contributed by atoms with van der Waals surface area (Å²) in [5.41, 5.74) is 2.01. The lowest BCUT2D eigenvalue weighted by molar-refractivity contribution is -0.120. The van der Waals surface area contributed by atoms with E-state index >= 15 is 0 Å². The molecule has 3 rings (SSSR count). The van der Waals surface area contributed by atoms with Gasteiger partial charge in [-0.05, 0) is 12.1 Å². The van der Waals surface area contributed by atoms with Crippen LogP contribution in [0.3, 0.4) is 0 Å². The van der Waals surface area contributed by atoms with Gasteiger partial charge in [-0.25, -0.2) is 4.98 Å². The van der Waals surface area contributed by atoms with Crippen molar-refractivity contribution in [3.63, 3.8) is 0 Å². The van der Waals surface area contributed by atoms with Gasteiger partial charge in [-0.1, -0.05) is 37.3 Å². The van der Waals surface area contributed by atoms with Crippen molar-refractivity contribution in [3.8, 4) is 0 Å². The second-order valence-electron chi connectivity index (χ2n) is 6.42. The summed E-state index contributed by atoms with van der Waals surface area (Å²) in [7, 11) is 0. The van der Waals surface area contributed by atoms with Crippen LogP contribution in [-0.2, 0) is 22.6 Å². The average molecular weight is 372 g/mol. The molecule has 1 aliphatic heterocycles. The predicted molar refractivity (Wildman–Crippen MR) is 103 cm³/mol. The molecule has 0 spiro atoms. The maximum Gasteiger partial charge on any atom is 0.228 e. The third kappa shape index (κ3) is 4.68. The maximum absolute atomic E-state index is 12.5. The highest BCUT2D eigenvalue weighted by Gasteiger charge is 2.22. The number of hydrogen-bond acceptors (Lipinski definition) is 5. The minimum Gasteiger partial charge on any atom is -0.349 e. The number of fused-ring (bicyclic) bond motifs is 1. The topological polar surface area (TPSA) is 74.3 Å². The van der Waals surface area contributed by atoms with Crippen LogP contribution < -0.4 is 10.6 Å². The molecule has 0 saturated heterocycles. The Hall–Kier alpha value is -2.25. The smallest absolute Gasteiger partial charge is 0.228 e. The van der Waals surface area contributed by atoms with E-state index in [1.165, 1.54) is 11.8 Å². The van der Waals surface area contributed by atoms with Crippen LogP contribution >= 0.6 is 11.3 Å². The van der Waals surface area contributed by atoms with Crippen molar-refractivity contribution < 1.29 is 9.59 Å². The van der Waals surface area contributed by atoms with Gasteiger partial charge >= 0.3 is 0 Å². The summed E-state index contributed by atoms with van der Waals surface area (Å²) in [4.78, 5) is 32.2. The van der Waals surface area contributed by atoms with E-state index < -0.39 is 0 Å². The molecule has 1 aromatic carbocycles. The highest BCUT2D eigenvalue weighted by molar-refractivity contribution is 7.15. The van der Waals surface area contributed by atoms with Crippen molar-refractivity contribution in [1.29, 1.82) is 0 Å². The lowest BCUT2D eigenvalue weighted by Gasteiger charge is -2.23. The lowest BCUT2D eigenvalue weighted by Crippen LogP contribution is -2.29. The molecule has 0 saturated carbocycles. The number of hydrogen-bond donors (Lipinski definition) is 2. The predicted octanol–water partition coefficient (Wildman–Crippen LogP) is 2.73. The highest BCUT2D eigenvalue weighted by Crippen LogP contribution is 2.28. The van der Waals surface area contributed by atoms with Crippen molar-refractivity contribution >= 4 is 28.3 Å². The number of amides is 2. The van der Waals surface area contributed by atoms with Gasteiger partial charge in [-0.2, -0.15) is 0 Å². The van der Waals surface area contributed by atoms with Crippen molar-refractivity contribution in [2.24, 2.45) is 0 Å². The molecule has 2 aromatic rings. The van der Waals surface area contributed by atoms with E-state index in [1.807, 2.05) is 30.3 Å². The van der Waals surface area contributed by atoms with Gasteiger partial charge in [0, 0.05) is 31.3 Å². The first-order valence-corrected chi connectivity index (χ1v) is 9.69. The van der Waals surface area contributed by atoms with Crippen molar-refractivity contribution in [1.82, 2.24) is 15.2 Å². The summed E-state index contributed by atoms with van der Waals surface area (Å²) in [5, 5.41) is 6.40. The zero-order chi connectivity index (χ0) is 18.5. The molecule has 1 aromatic heterocycles. The molecule has 0 aliphatic carbocycles. The molecule has 2 heterocycles. The summed E-state index contributed by atoms with van der Waals surface area (Å²) in [6, 6.07) is 9.19. The van der Waals surface area contributed by atoms with E-state index in [2.05, 4.69) is 27.4 Å². The third-order valence-electron chi connectivity index (χ3n) is 4.47. The number of anilines is 1. The number of carbonyl (C=O) groups excluding carboxylic acids is 2. The Labute approximate surface area is 157 Å². The Morgan fingerprint density at radius 1 is 1.31 bits per heavy atom. The van der Waals surface area contributed by atoms with E-state index in [0.717, 1.165) is 37.3 Å². The number of rotatable bonds is 6. The summed E-state index contributed by atoms with van der Waals surface area (Å²) in [6.07, 6.45) is 1.10. The van der Waals surface area contributed by atoms with Gasteiger partial charge in [0.05, 0.1) is 18.2 Å². The van der Waals surface area contributed by atoms with Gasteiger partial charge in [0.15, 0.2) is 5.13 Å². The number of likely N-dealkylation sites (N-methyl/N-ethyl adjacent to an activating group) is 1. The van der Waals surface area contributed by atoms with Crippen molar-refractivity contribution in [3.05, 3.63) is 46.5 Å². The molecule has 138 valence electrons. The van der Waals surface area contributed by atoms with E-state index in [9.17, 15) is 9.59 Å². The minimum absolute atomic E-state index is 0.147. The van der Waals surface area contributed by atoms with Crippen LogP contribution in [0.5, 0.6) is 0 Å². The fraction of sp³-hybridized carbons (Fsp3) is 0.421. The van der Waals surface area contributed by atoms with Crippen LogP contribution in [0.2, 0.25) is 0 Å².